The smallest absolute Gasteiger partial charge is 0.307 e. The third-order valence-corrected chi connectivity index (χ3v) is 2.27. The van der Waals surface area contributed by atoms with Gasteiger partial charge in [0.05, 0.1) is 18.2 Å². The standard InChI is InChI=1S/C11H18N2O2/c1-5-9-8(6-10(14)15)7-12-13(9)11(2,3)4/h7H,5-6H2,1-4H3,(H,14,15). The first-order chi connectivity index (χ1) is 6.86. The van der Waals surface area contributed by atoms with Gasteiger partial charge in [0.2, 0.25) is 0 Å². The average molecular weight is 210 g/mol. The number of carbonyl (C=O) groups is 1. The molecular weight excluding hydrogens is 192 g/mol. The van der Waals surface area contributed by atoms with Gasteiger partial charge in [0.25, 0.3) is 0 Å². The van der Waals surface area contributed by atoms with Gasteiger partial charge < -0.3 is 5.11 Å². The zero-order valence-electron chi connectivity index (χ0n) is 9.74. The molecule has 1 N–H and O–H groups in total. The molecule has 1 heterocycles. The SMILES string of the molecule is CCc1c(CC(=O)O)cnn1C(C)(C)C. The fourth-order valence-corrected chi connectivity index (χ4v) is 1.67. The molecule has 15 heavy (non-hydrogen) atoms. The number of carboxylic acids is 1. The van der Waals surface area contributed by atoms with Crippen molar-refractivity contribution in [3.05, 3.63) is 17.5 Å². The zero-order chi connectivity index (χ0) is 11.6. The number of aliphatic carboxylic acids is 1. The molecular formula is C11H18N2O2. The van der Waals surface area contributed by atoms with E-state index in [-0.39, 0.29) is 12.0 Å². The summed E-state index contributed by atoms with van der Waals surface area (Å²) in [5.41, 5.74) is 1.74. The second-order valence-electron chi connectivity index (χ2n) is 4.62. The Hall–Kier alpha value is -1.32. The first kappa shape index (κ1) is 11.8. The van der Waals surface area contributed by atoms with Crippen LogP contribution in [0, 0.1) is 0 Å². The van der Waals surface area contributed by atoms with Gasteiger partial charge in [-0.25, -0.2) is 0 Å². The Balaban J connectivity index is 3.11. The highest BCUT2D eigenvalue weighted by molar-refractivity contribution is 5.70. The molecule has 0 unspecified atom stereocenters. The minimum atomic E-state index is -0.807. The van der Waals surface area contributed by atoms with Crippen LogP contribution in [-0.2, 0) is 23.2 Å². The van der Waals surface area contributed by atoms with Gasteiger partial charge in [-0.15, -0.1) is 0 Å². The lowest BCUT2D eigenvalue weighted by atomic mass is 10.1. The van der Waals surface area contributed by atoms with E-state index >= 15 is 0 Å². The lowest BCUT2D eigenvalue weighted by molar-refractivity contribution is -0.136. The van der Waals surface area contributed by atoms with Gasteiger partial charge in [0.15, 0.2) is 0 Å². The van der Waals surface area contributed by atoms with Gasteiger partial charge >= 0.3 is 5.97 Å². The number of hydrogen-bond donors (Lipinski definition) is 1. The van der Waals surface area contributed by atoms with Crippen LogP contribution in [0.1, 0.15) is 39.0 Å². The fourth-order valence-electron chi connectivity index (χ4n) is 1.67. The van der Waals surface area contributed by atoms with Gasteiger partial charge in [0, 0.05) is 11.3 Å². The van der Waals surface area contributed by atoms with Gasteiger partial charge in [-0.2, -0.15) is 5.10 Å². The molecule has 0 spiro atoms. The van der Waals surface area contributed by atoms with E-state index in [1.165, 1.54) is 0 Å². The lowest BCUT2D eigenvalue weighted by Gasteiger charge is -2.22. The van der Waals surface area contributed by atoms with Crippen molar-refractivity contribution in [2.45, 2.75) is 46.1 Å². The van der Waals surface area contributed by atoms with E-state index in [1.54, 1.807) is 6.20 Å². The monoisotopic (exact) mass is 210 g/mol. The summed E-state index contributed by atoms with van der Waals surface area (Å²) in [5, 5.41) is 13.0. The van der Waals surface area contributed by atoms with Crippen molar-refractivity contribution in [2.24, 2.45) is 0 Å². The molecule has 0 amide bonds. The van der Waals surface area contributed by atoms with E-state index in [4.69, 9.17) is 5.11 Å². The Morgan fingerprint density at radius 3 is 2.53 bits per heavy atom. The van der Waals surface area contributed by atoms with Gasteiger partial charge in [-0.1, -0.05) is 6.92 Å². The van der Waals surface area contributed by atoms with E-state index in [0.29, 0.717) is 0 Å². The second kappa shape index (κ2) is 4.04. The van der Waals surface area contributed by atoms with Crippen molar-refractivity contribution >= 4 is 5.97 Å². The highest BCUT2D eigenvalue weighted by Crippen LogP contribution is 2.19. The van der Waals surface area contributed by atoms with E-state index in [0.717, 1.165) is 17.7 Å². The third-order valence-electron chi connectivity index (χ3n) is 2.27. The maximum atomic E-state index is 10.7. The molecule has 0 aliphatic carbocycles. The number of hydrogen-bond acceptors (Lipinski definition) is 2. The maximum absolute atomic E-state index is 10.7. The van der Waals surface area contributed by atoms with Gasteiger partial charge in [0.1, 0.15) is 0 Å². The second-order valence-corrected chi connectivity index (χ2v) is 4.62. The van der Waals surface area contributed by atoms with Crippen LogP contribution in [0.3, 0.4) is 0 Å². The normalized spacial score (nSPS) is 11.7. The minimum absolute atomic E-state index is 0.0548. The zero-order valence-corrected chi connectivity index (χ0v) is 9.74. The topological polar surface area (TPSA) is 55.1 Å². The van der Waals surface area contributed by atoms with E-state index in [2.05, 4.69) is 25.9 Å². The Kier molecular flexibility index (Phi) is 3.17. The first-order valence-electron chi connectivity index (χ1n) is 5.14. The molecule has 0 aliphatic rings. The Labute approximate surface area is 89.9 Å². The molecule has 0 atom stereocenters. The van der Waals surface area contributed by atoms with Crippen LogP contribution >= 0.6 is 0 Å². The predicted molar refractivity (Wildman–Crippen MR) is 57.9 cm³/mol. The average Bonchev–Trinajstić information content (AvgIpc) is 2.45. The van der Waals surface area contributed by atoms with Crippen molar-refractivity contribution < 1.29 is 9.90 Å². The van der Waals surface area contributed by atoms with Crippen molar-refractivity contribution in [1.82, 2.24) is 9.78 Å². The third kappa shape index (κ3) is 2.58. The largest absolute Gasteiger partial charge is 0.481 e. The maximum Gasteiger partial charge on any atom is 0.307 e. The molecule has 0 aromatic carbocycles. The number of nitrogens with zero attached hydrogens (tertiary/aromatic N) is 2. The molecule has 0 bridgehead atoms. The first-order valence-corrected chi connectivity index (χ1v) is 5.14. The van der Waals surface area contributed by atoms with E-state index < -0.39 is 5.97 Å². The summed E-state index contributed by atoms with van der Waals surface area (Å²) < 4.78 is 1.91. The van der Waals surface area contributed by atoms with Gasteiger partial charge in [-0.3, -0.25) is 9.48 Å². The molecule has 4 nitrogen and oxygen atoms in total. The van der Waals surface area contributed by atoms with Crippen LogP contribution in [-0.4, -0.2) is 20.9 Å². The predicted octanol–water partition coefficient (Wildman–Crippen LogP) is 1.83. The summed E-state index contributed by atoms with van der Waals surface area (Å²) in [5.74, 6) is -0.807. The minimum Gasteiger partial charge on any atom is -0.481 e. The molecule has 84 valence electrons. The Morgan fingerprint density at radius 2 is 2.13 bits per heavy atom. The molecule has 4 heteroatoms. The number of rotatable bonds is 3. The summed E-state index contributed by atoms with van der Waals surface area (Å²) in [6.45, 7) is 8.20. The van der Waals surface area contributed by atoms with Crippen LogP contribution in [0.15, 0.2) is 6.20 Å². The van der Waals surface area contributed by atoms with Gasteiger partial charge in [-0.05, 0) is 27.2 Å². The number of aromatic nitrogens is 2. The van der Waals surface area contributed by atoms with Crippen molar-refractivity contribution in [3.8, 4) is 0 Å². The molecule has 0 aliphatic heterocycles. The quantitative estimate of drug-likeness (QED) is 0.828. The summed E-state index contributed by atoms with van der Waals surface area (Å²) in [6.07, 6.45) is 2.53. The molecule has 1 aromatic rings. The van der Waals surface area contributed by atoms with Crippen LogP contribution in [0.4, 0.5) is 0 Å². The van der Waals surface area contributed by atoms with Crippen molar-refractivity contribution in [2.75, 3.05) is 0 Å². The van der Waals surface area contributed by atoms with Crippen LogP contribution in [0.2, 0.25) is 0 Å². The summed E-state index contributed by atoms with van der Waals surface area (Å²) in [4.78, 5) is 10.7. The van der Waals surface area contributed by atoms with Crippen LogP contribution in [0.25, 0.3) is 0 Å². The Morgan fingerprint density at radius 1 is 1.53 bits per heavy atom. The summed E-state index contributed by atoms with van der Waals surface area (Å²) in [7, 11) is 0. The van der Waals surface area contributed by atoms with Crippen LogP contribution < -0.4 is 0 Å². The summed E-state index contributed by atoms with van der Waals surface area (Å²) >= 11 is 0. The molecule has 0 radical (unpaired) electrons. The summed E-state index contributed by atoms with van der Waals surface area (Å²) in [6, 6.07) is 0. The molecule has 1 aromatic heterocycles. The fraction of sp³-hybridized carbons (Fsp3) is 0.636. The van der Waals surface area contributed by atoms with Crippen molar-refractivity contribution in [1.29, 1.82) is 0 Å². The lowest BCUT2D eigenvalue weighted by Crippen LogP contribution is -2.25. The van der Waals surface area contributed by atoms with Crippen molar-refractivity contribution in [3.63, 3.8) is 0 Å². The van der Waals surface area contributed by atoms with E-state index in [1.807, 2.05) is 11.6 Å². The molecule has 1 rings (SSSR count). The number of carboxylic acid groups (broad SMARTS) is 1. The highest BCUT2D eigenvalue weighted by Gasteiger charge is 2.20. The van der Waals surface area contributed by atoms with E-state index in [9.17, 15) is 4.79 Å². The molecule has 0 fully saturated rings. The molecule has 0 saturated heterocycles. The Bertz CT molecular complexity index is 361. The highest BCUT2D eigenvalue weighted by atomic mass is 16.4. The molecule has 0 saturated carbocycles. The van der Waals surface area contributed by atoms with Crippen LogP contribution in [0.5, 0.6) is 0 Å².